The fourth-order valence-electron chi connectivity index (χ4n) is 2.47. The highest BCUT2D eigenvalue weighted by atomic mass is 32.2. The minimum Gasteiger partial charge on any atom is -0.497 e. The van der Waals surface area contributed by atoms with Crippen molar-refractivity contribution in [2.45, 2.75) is 18.4 Å². The second-order valence-corrected chi connectivity index (χ2v) is 7.31. The summed E-state index contributed by atoms with van der Waals surface area (Å²) in [5, 5.41) is 0. The van der Waals surface area contributed by atoms with E-state index in [1.165, 1.54) is 0 Å². The summed E-state index contributed by atoms with van der Waals surface area (Å²) in [4.78, 5) is 4.59. The fraction of sp³-hybridized carbons (Fsp3) is 0.235. The Morgan fingerprint density at radius 2 is 1.88 bits per heavy atom. The van der Waals surface area contributed by atoms with Gasteiger partial charge in [-0.2, -0.15) is 0 Å². The first-order chi connectivity index (χ1) is 11.4. The second-order valence-electron chi connectivity index (χ2n) is 5.54. The molecular weight excluding hydrogens is 326 g/mol. The Balaban J connectivity index is 1.81. The van der Waals surface area contributed by atoms with Gasteiger partial charge in [-0.25, -0.2) is 18.1 Å². The van der Waals surface area contributed by atoms with Gasteiger partial charge in [-0.05, 0) is 42.8 Å². The third-order valence-corrected chi connectivity index (χ3v) is 5.41. The maximum Gasteiger partial charge on any atom is 0.240 e. The minimum atomic E-state index is -3.60. The smallest absolute Gasteiger partial charge is 0.240 e. The fourth-order valence-corrected chi connectivity index (χ4v) is 3.51. The van der Waals surface area contributed by atoms with Gasteiger partial charge in [0.1, 0.15) is 11.6 Å². The van der Waals surface area contributed by atoms with E-state index in [1.807, 2.05) is 30.7 Å². The van der Waals surface area contributed by atoms with Crippen LogP contribution in [0.2, 0.25) is 0 Å². The second kappa shape index (κ2) is 6.26. The molecule has 0 radical (unpaired) electrons. The van der Waals surface area contributed by atoms with E-state index in [0.29, 0.717) is 5.52 Å². The highest BCUT2D eigenvalue weighted by molar-refractivity contribution is 7.89. The van der Waals surface area contributed by atoms with E-state index in [-0.39, 0.29) is 11.4 Å². The van der Waals surface area contributed by atoms with Crippen LogP contribution in [0.1, 0.15) is 11.4 Å². The molecule has 1 heterocycles. The van der Waals surface area contributed by atoms with E-state index >= 15 is 0 Å². The average Bonchev–Trinajstić information content (AvgIpc) is 2.87. The molecule has 0 atom stereocenters. The topological polar surface area (TPSA) is 73.2 Å². The summed E-state index contributed by atoms with van der Waals surface area (Å²) in [6.07, 6.45) is 0. The van der Waals surface area contributed by atoms with Gasteiger partial charge in [0.2, 0.25) is 10.0 Å². The van der Waals surface area contributed by atoms with Crippen LogP contribution in [0.25, 0.3) is 11.0 Å². The number of sulfonamides is 1. The number of rotatable bonds is 5. The summed E-state index contributed by atoms with van der Waals surface area (Å²) in [6.45, 7) is 2.10. The van der Waals surface area contributed by atoms with E-state index in [4.69, 9.17) is 4.74 Å². The summed E-state index contributed by atoms with van der Waals surface area (Å²) < 4.78 is 34.6. The SMILES string of the molecule is COc1ccc(CNS(=O)(=O)c2ccc3c(c2)nc(C)n3C)cc1. The predicted octanol–water partition coefficient (Wildman–Crippen LogP) is 2.37. The number of fused-ring (bicyclic) bond motifs is 1. The predicted molar refractivity (Wildman–Crippen MR) is 92.5 cm³/mol. The molecule has 0 unspecified atom stereocenters. The highest BCUT2D eigenvalue weighted by Crippen LogP contribution is 2.19. The van der Waals surface area contributed by atoms with Crippen molar-refractivity contribution in [3.63, 3.8) is 0 Å². The van der Waals surface area contributed by atoms with Gasteiger partial charge in [-0.1, -0.05) is 12.1 Å². The van der Waals surface area contributed by atoms with Crippen LogP contribution >= 0.6 is 0 Å². The van der Waals surface area contributed by atoms with E-state index in [0.717, 1.165) is 22.7 Å². The number of ether oxygens (including phenoxy) is 1. The molecule has 0 aliphatic rings. The molecule has 0 bridgehead atoms. The first-order valence-corrected chi connectivity index (χ1v) is 8.95. The largest absolute Gasteiger partial charge is 0.497 e. The Morgan fingerprint density at radius 1 is 1.17 bits per heavy atom. The van der Waals surface area contributed by atoms with Gasteiger partial charge in [-0.15, -0.1) is 0 Å². The van der Waals surface area contributed by atoms with Crippen LogP contribution in [0.4, 0.5) is 0 Å². The van der Waals surface area contributed by atoms with Crippen LogP contribution in [0.5, 0.6) is 5.75 Å². The van der Waals surface area contributed by atoms with E-state index in [1.54, 1.807) is 37.4 Å². The molecule has 2 aromatic carbocycles. The van der Waals surface area contributed by atoms with Gasteiger partial charge >= 0.3 is 0 Å². The van der Waals surface area contributed by atoms with E-state index in [9.17, 15) is 8.42 Å². The lowest BCUT2D eigenvalue weighted by molar-refractivity contribution is 0.414. The molecular formula is C17H19N3O3S. The Hall–Kier alpha value is -2.38. The van der Waals surface area contributed by atoms with Crippen LogP contribution in [-0.2, 0) is 23.6 Å². The molecule has 1 aromatic heterocycles. The Bertz CT molecular complexity index is 976. The number of hydrogen-bond acceptors (Lipinski definition) is 4. The van der Waals surface area contributed by atoms with Crippen molar-refractivity contribution in [2.75, 3.05) is 7.11 Å². The minimum absolute atomic E-state index is 0.210. The van der Waals surface area contributed by atoms with Crippen molar-refractivity contribution in [2.24, 2.45) is 7.05 Å². The summed E-state index contributed by atoms with van der Waals surface area (Å²) >= 11 is 0. The lowest BCUT2D eigenvalue weighted by Crippen LogP contribution is -2.23. The lowest BCUT2D eigenvalue weighted by atomic mass is 10.2. The quantitative estimate of drug-likeness (QED) is 0.770. The van der Waals surface area contributed by atoms with Gasteiger partial charge < -0.3 is 9.30 Å². The maximum atomic E-state index is 12.5. The molecule has 3 aromatic rings. The zero-order valence-corrected chi connectivity index (χ0v) is 14.6. The molecule has 0 aliphatic heterocycles. The first kappa shape index (κ1) is 16.5. The zero-order chi connectivity index (χ0) is 17.3. The van der Waals surface area contributed by atoms with Crippen molar-refractivity contribution in [1.82, 2.24) is 14.3 Å². The van der Waals surface area contributed by atoms with Crippen LogP contribution in [0.3, 0.4) is 0 Å². The number of hydrogen-bond donors (Lipinski definition) is 1. The molecule has 126 valence electrons. The summed E-state index contributed by atoms with van der Waals surface area (Å²) in [7, 11) is -0.106. The van der Waals surface area contributed by atoms with Crippen LogP contribution in [-0.4, -0.2) is 25.1 Å². The number of benzene rings is 2. The molecule has 3 rings (SSSR count). The first-order valence-electron chi connectivity index (χ1n) is 7.46. The molecule has 1 N–H and O–H groups in total. The molecule has 6 nitrogen and oxygen atoms in total. The third-order valence-electron chi connectivity index (χ3n) is 4.01. The summed E-state index contributed by atoms with van der Waals surface area (Å²) in [5.74, 6) is 1.57. The van der Waals surface area contributed by atoms with Crippen molar-refractivity contribution in [1.29, 1.82) is 0 Å². The lowest BCUT2D eigenvalue weighted by Gasteiger charge is -2.08. The van der Waals surface area contributed by atoms with Crippen molar-refractivity contribution in [3.8, 4) is 5.75 Å². The van der Waals surface area contributed by atoms with Gasteiger partial charge in [0.05, 0.1) is 23.0 Å². The van der Waals surface area contributed by atoms with Crippen LogP contribution in [0.15, 0.2) is 47.4 Å². The molecule has 0 fully saturated rings. The molecule has 0 saturated heterocycles. The Morgan fingerprint density at radius 3 is 2.54 bits per heavy atom. The number of nitrogens with zero attached hydrogens (tertiary/aromatic N) is 2. The summed E-state index contributed by atoms with van der Waals surface area (Å²) in [5.41, 5.74) is 2.43. The number of nitrogens with one attached hydrogen (secondary N) is 1. The zero-order valence-electron chi connectivity index (χ0n) is 13.8. The van der Waals surface area contributed by atoms with Crippen LogP contribution in [0, 0.1) is 6.92 Å². The van der Waals surface area contributed by atoms with Gasteiger partial charge in [-0.3, -0.25) is 0 Å². The monoisotopic (exact) mass is 345 g/mol. The standard InChI is InChI=1S/C17H19N3O3S/c1-12-19-16-10-15(8-9-17(16)20(12)2)24(21,22)18-11-13-4-6-14(23-3)7-5-13/h4-10,18H,11H2,1-3H3. The number of aromatic nitrogens is 2. The maximum absolute atomic E-state index is 12.5. The molecule has 0 spiro atoms. The summed E-state index contributed by atoms with van der Waals surface area (Å²) in [6, 6.07) is 12.2. The molecule has 24 heavy (non-hydrogen) atoms. The van der Waals surface area contributed by atoms with Gasteiger partial charge in [0, 0.05) is 13.6 Å². The molecule has 0 amide bonds. The average molecular weight is 345 g/mol. The number of imidazole rings is 1. The Kier molecular flexibility index (Phi) is 4.29. The van der Waals surface area contributed by atoms with Crippen molar-refractivity contribution >= 4 is 21.1 Å². The van der Waals surface area contributed by atoms with Gasteiger partial charge in [0.25, 0.3) is 0 Å². The molecule has 7 heteroatoms. The molecule has 0 saturated carbocycles. The normalized spacial score (nSPS) is 11.8. The van der Waals surface area contributed by atoms with Gasteiger partial charge in [0.15, 0.2) is 0 Å². The van der Waals surface area contributed by atoms with Crippen molar-refractivity contribution in [3.05, 3.63) is 53.9 Å². The third kappa shape index (κ3) is 3.13. The highest BCUT2D eigenvalue weighted by Gasteiger charge is 2.16. The van der Waals surface area contributed by atoms with E-state index < -0.39 is 10.0 Å². The Labute approximate surface area is 141 Å². The van der Waals surface area contributed by atoms with Crippen LogP contribution < -0.4 is 9.46 Å². The van der Waals surface area contributed by atoms with E-state index in [2.05, 4.69) is 9.71 Å². The number of aryl methyl sites for hydroxylation is 2. The number of methoxy groups -OCH3 is 1. The molecule has 0 aliphatic carbocycles. The van der Waals surface area contributed by atoms with Crippen molar-refractivity contribution < 1.29 is 13.2 Å².